The summed E-state index contributed by atoms with van der Waals surface area (Å²) in [6.45, 7) is 3.98. The Labute approximate surface area is 150 Å². The molecule has 2 saturated carbocycles. The second kappa shape index (κ2) is 7.20. The van der Waals surface area contributed by atoms with E-state index in [2.05, 4.69) is 6.92 Å². The molecule has 0 aromatic heterocycles. The van der Waals surface area contributed by atoms with Crippen LogP contribution in [0.15, 0.2) is 36.4 Å². The van der Waals surface area contributed by atoms with Gasteiger partial charge < -0.3 is 20.1 Å². The van der Waals surface area contributed by atoms with Gasteiger partial charge in [0.25, 0.3) is 0 Å². The first-order valence-corrected chi connectivity index (χ1v) is 9.31. The summed E-state index contributed by atoms with van der Waals surface area (Å²) in [5, 5.41) is 31.6. The SMILES string of the molecule is C[C@@]12CCCCC1[C@@](C)(OC(O)/C=C/c1ccccc1)[C@H](O)C[C@H]2O. The van der Waals surface area contributed by atoms with Gasteiger partial charge in [0.15, 0.2) is 6.29 Å². The lowest BCUT2D eigenvalue weighted by Crippen LogP contribution is -2.64. The van der Waals surface area contributed by atoms with Crippen LogP contribution in [0.5, 0.6) is 0 Å². The van der Waals surface area contributed by atoms with E-state index in [1.54, 1.807) is 6.08 Å². The Hall–Kier alpha value is -1.20. The van der Waals surface area contributed by atoms with Crippen molar-refractivity contribution in [1.82, 2.24) is 0 Å². The summed E-state index contributed by atoms with van der Waals surface area (Å²) < 4.78 is 6.00. The van der Waals surface area contributed by atoms with Crippen LogP contribution in [0, 0.1) is 11.3 Å². The first-order valence-electron chi connectivity index (χ1n) is 9.31. The van der Waals surface area contributed by atoms with Gasteiger partial charge in [-0.05, 0) is 42.7 Å². The van der Waals surface area contributed by atoms with Gasteiger partial charge in [0.2, 0.25) is 0 Å². The van der Waals surface area contributed by atoms with E-state index in [1.807, 2.05) is 43.3 Å². The standard InChI is InChI=1S/C21H30O4/c1-20-13-7-6-10-16(20)21(2,18(23)14-17(20)22)25-19(24)12-11-15-8-4-3-5-9-15/h3-5,8-9,11-12,16-19,22-24H,6-7,10,13-14H2,1-2H3/b12-11+/t16?,17-,18-,19?,20-,21-/m1/s1. The Morgan fingerprint density at radius 1 is 1.12 bits per heavy atom. The molecule has 2 aliphatic rings. The summed E-state index contributed by atoms with van der Waals surface area (Å²) in [6.07, 6.45) is 5.29. The van der Waals surface area contributed by atoms with Gasteiger partial charge >= 0.3 is 0 Å². The first kappa shape index (κ1) is 18.6. The fourth-order valence-corrected chi connectivity index (χ4v) is 4.86. The topological polar surface area (TPSA) is 69.9 Å². The van der Waals surface area contributed by atoms with Gasteiger partial charge in [-0.3, -0.25) is 0 Å². The van der Waals surface area contributed by atoms with E-state index in [-0.39, 0.29) is 11.3 Å². The molecule has 2 aliphatic carbocycles. The first-order chi connectivity index (χ1) is 11.9. The Balaban J connectivity index is 1.77. The summed E-state index contributed by atoms with van der Waals surface area (Å²) >= 11 is 0. The molecule has 0 amide bonds. The lowest BCUT2D eigenvalue weighted by atomic mass is 9.53. The maximum absolute atomic E-state index is 10.7. The van der Waals surface area contributed by atoms with Crippen molar-refractivity contribution in [1.29, 1.82) is 0 Å². The summed E-state index contributed by atoms with van der Waals surface area (Å²) in [6, 6.07) is 9.73. The van der Waals surface area contributed by atoms with Crippen LogP contribution in [0.3, 0.4) is 0 Å². The second-order valence-electron chi connectivity index (χ2n) is 8.03. The Morgan fingerprint density at radius 3 is 2.56 bits per heavy atom. The molecule has 4 heteroatoms. The third-order valence-electron chi connectivity index (χ3n) is 6.44. The highest BCUT2D eigenvalue weighted by molar-refractivity contribution is 5.48. The molecule has 3 N–H and O–H groups in total. The summed E-state index contributed by atoms with van der Waals surface area (Å²) in [5.74, 6) is 0.0206. The largest absolute Gasteiger partial charge is 0.392 e. The van der Waals surface area contributed by atoms with E-state index in [4.69, 9.17) is 4.74 Å². The van der Waals surface area contributed by atoms with Gasteiger partial charge in [-0.1, -0.05) is 56.2 Å². The highest BCUT2D eigenvalue weighted by Gasteiger charge is 2.59. The summed E-state index contributed by atoms with van der Waals surface area (Å²) in [4.78, 5) is 0. The van der Waals surface area contributed by atoms with Gasteiger partial charge in [0.05, 0.1) is 17.8 Å². The van der Waals surface area contributed by atoms with Gasteiger partial charge in [-0.25, -0.2) is 0 Å². The molecule has 0 bridgehead atoms. The van der Waals surface area contributed by atoms with E-state index in [0.717, 1.165) is 31.2 Å². The third kappa shape index (κ3) is 3.54. The summed E-state index contributed by atoms with van der Waals surface area (Å²) in [7, 11) is 0. The molecule has 0 aliphatic heterocycles. The number of aliphatic hydroxyl groups excluding tert-OH is 3. The van der Waals surface area contributed by atoms with Crippen LogP contribution in [-0.4, -0.2) is 39.4 Å². The minimum atomic E-state index is -1.10. The Kier molecular flexibility index (Phi) is 5.35. The number of fused-ring (bicyclic) bond motifs is 1. The van der Waals surface area contributed by atoms with Crippen molar-refractivity contribution in [2.24, 2.45) is 11.3 Å². The summed E-state index contributed by atoms with van der Waals surface area (Å²) in [5.41, 5.74) is -0.151. The van der Waals surface area contributed by atoms with Gasteiger partial charge in [-0.2, -0.15) is 0 Å². The number of hydrogen-bond donors (Lipinski definition) is 3. The molecular formula is C21H30O4. The van der Waals surface area contributed by atoms with Crippen molar-refractivity contribution in [3.8, 4) is 0 Å². The zero-order chi connectivity index (χ0) is 18.1. The number of rotatable bonds is 4. The minimum absolute atomic E-state index is 0.0206. The molecule has 1 aromatic carbocycles. The van der Waals surface area contributed by atoms with Crippen LogP contribution < -0.4 is 0 Å². The third-order valence-corrected chi connectivity index (χ3v) is 6.44. The molecule has 0 saturated heterocycles. The van der Waals surface area contributed by atoms with Crippen LogP contribution in [0.1, 0.15) is 51.5 Å². The van der Waals surface area contributed by atoms with Gasteiger partial charge in [0.1, 0.15) is 0 Å². The van der Waals surface area contributed by atoms with Crippen LogP contribution in [0.2, 0.25) is 0 Å². The molecule has 0 radical (unpaired) electrons. The molecule has 2 unspecified atom stereocenters. The highest BCUT2D eigenvalue weighted by atomic mass is 16.6. The van der Waals surface area contributed by atoms with Crippen molar-refractivity contribution in [2.45, 2.75) is 70.1 Å². The normalized spacial score (nSPS) is 40.0. The predicted octanol–water partition coefficient (Wildman–Crippen LogP) is 3.12. The monoisotopic (exact) mass is 346 g/mol. The van der Waals surface area contributed by atoms with E-state index in [9.17, 15) is 15.3 Å². The minimum Gasteiger partial charge on any atom is -0.392 e. The van der Waals surface area contributed by atoms with Crippen LogP contribution in [-0.2, 0) is 4.74 Å². The van der Waals surface area contributed by atoms with Crippen LogP contribution in [0.4, 0.5) is 0 Å². The zero-order valence-corrected chi connectivity index (χ0v) is 15.1. The molecule has 6 atom stereocenters. The molecule has 0 spiro atoms. The van der Waals surface area contributed by atoms with E-state index >= 15 is 0 Å². The fraction of sp³-hybridized carbons (Fsp3) is 0.619. The number of ether oxygens (including phenoxy) is 1. The molecular weight excluding hydrogens is 316 g/mol. The molecule has 4 nitrogen and oxygen atoms in total. The van der Waals surface area contributed by atoms with Gasteiger partial charge in [-0.15, -0.1) is 0 Å². The molecule has 3 rings (SSSR count). The van der Waals surface area contributed by atoms with E-state index < -0.39 is 24.1 Å². The number of benzene rings is 1. The second-order valence-corrected chi connectivity index (χ2v) is 8.03. The Morgan fingerprint density at radius 2 is 1.84 bits per heavy atom. The van der Waals surface area contributed by atoms with Crippen molar-refractivity contribution in [3.63, 3.8) is 0 Å². The number of aliphatic hydroxyl groups is 3. The maximum atomic E-state index is 10.7. The van der Waals surface area contributed by atoms with Gasteiger partial charge in [0, 0.05) is 6.42 Å². The van der Waals surface area contributed by atoms with Crippen LogP contribution in [0.25, 0.3) is 6.08 Å². The molecule has 0 heterocycles. The quantitative estimate of drug-likeness (QED) is 0.733. The molecule has 25 heavy (non-hydrogen) atoms. The highest BCUT2D eigenvalue weighted by Crippen LogP contribution is 2.55. The van der Waals surface area contributed by atoms with Crippen molar-refractivity contribution >= 4 is 6.08 Å². The predicted molar refractivity (Wildman–Crippen MR) is 97.7 cm³/mol. The Bertz CT molecular complexity index is 601. The average Bonchev–Trinajstić information content (AvgIpc) is 2.60. The van der Waals surface area contributed by atoms with Crippen LogP contribution >= 0.6 is 0 Å². The zero-order valence-electron chi connectivity index (χ0n) is 15.1. The molecule has 2 fully saturated rings. The fourth-order valence-electron chi connectivity index (χ4n) is 4.86. The lowest BCUT2D eigenvalue weighted by Gasteiger charge is -2.58. The molecule has 138 valence electrons. The lowest BCUT2D eigenvalue weighted by molar-refractivity contribution is -0.275. The smallest absolute Gasteiger partial charge is 0.175 e. The maximum Gasteiger partial charge on any atom is 0.175 e. The average molecular weight is 346 g/mol. The van der Waals surface area contributed by atoms with E-state index in [0.29, 0.717) is 6.42 Å². The van der Waals surface area contributed by atoms with Crippen molar-refractivity contribution < 1.29 is 20.1 Å². The van der Waals surface area contributed by atoms with Crippen molar-refractivity contribution in [3.05, 3.63) is 42.0 Å². The number of hydrogen-bond acceptors (Lipinski definition) is 4. The molecule has 1 aromatic rings. The van der Waals surface area contributed by atoms with Crippen molar-refractivity contribution in [2.75, 3.05) is 0 Å². The van der Waals surface area contributed by atoms with E-state index in [1.165, 1.54) is 0 Å².